The van der Waals surface area contributed by atoms with E-state index in [1.165, 1.54) is 6.20 Å². The number of hydrogen-bond donors (Lipinski definition) is 1. The van der Waals surface area contributed by atoms with E-state index < -0.39 is 0 Å². The van der Waals surface area contributed by atoms with Crippen LogP contribution in [-0.4, -0.2) is 9.97 Å². The van der Waals surface area contributed by atoms with Crippen molar-refractivity contribution in [3.05, 3.63) is 27.9 Å². The molecule has 68 valence electrons. The Hall–Kier alpha value is -1.56. The lowest BCUT2D eigenvalue weighted by Gasteiger charge is -2.05. The lowest BCUT2D eigenvalue weighted by Crippen LogP contribution is -2.11. The van der Waals surface area contributed by atoms with Crippen LogP contribution in [0.4, 0.5) is 0 Å². The Bertz CT molecular complexity index is 407. The molecule has 1 rings (SSSR count). The molecule has 13 heavy (non-hydrogen) atoms. The van der Waals surface area contributed by atoms with Crippen LogP contribution in [0.1, 0.15) is 38.1 Å². The molecule has 0 saturated heterocycles. The highest BCUT2D eigenvalue weighted by Gasteiger charge is 2.06. The third kappa shape index (κ3) is 2.19. The first-order valence-electron chi connectivity index (χ1n) is 4.17. The summed E-state index contributed by atoms with van der Waals surface area (Å²) in [5.74, 6) is 5.85. The van der Waals surface area contributed by atoms with Crippen LogP contribution >= 0.6 is 0 Å². The van der Waals surface area contributed by atoms with Crippen LogP contribution in [0.2, 0.25) is 0 Å². The summed E-state index contributed by atoms with van der Waals surface area (Å²) >= 11 is 0. The maximum atomic E-state index is 11.0. The molecule has 1 aromatic heterocycles. The van der Waals surface area contributed by atoms with Gasteiger partial charge in [-0.05, 0) is 18.8 Å². The molecule has 0 aromatic carbocycles. The summed E-state index contributed by atoms with van der Waals surface area (Å²) in [4.78, 5) is 17.7. The molecule has 0 saturated carbocycles. The molecular formula is C10H12N2O. The molecule has 1 heterocycles. The van der Waals surface area contributed by atoms with Crippen LogP contribution in [-0.2, 0) is 0 Å². The molecular weight excluding hydrogens is 164 g/mol. The minimum Gasteiger partial charge on any atom is -0.313 e. The first-order chi connectivity index (χ1) is 6.15. The van der Waals surface area contributed by atoms with Crippen molar-refractivity contribution in [2.24, 2.45) is 0 Å². The summed E-state index contributed by atoms with van der Waals surface area (Å²) in [6.45, 7) is 5.76. The van der Waals surface area contributed by atoms with Gasteiger partial charge in [0.05, 0.1) is 11.9 Å². The second-order valence-electron chi connectivity index (χ2n) is 3.04. The topological polar surface area (TPSA) is 45.8 Å². The van der Waals surface area contributed by atoms with Gasteiger partial charge in [-0.15, -0.1) is 0 Å². The Kier molecular flexibility index (Phi) is 2.86. The standard InChI is InChI=1S/C10H12N2O/c1-4-5-8-10(7(2)3)11-6-9(13)12-8/h6-7H,1-3H3,(H,12,13). The molecule has 1 N–H and O–H groups in total. The van der Waals surface area contributed by atoms with Crippen molar-refractivity contribution >= 4 is 0 Å². The van der Waals surface area contributed by atoms with Gasteiger partial charge in [0, 0.05) is 0 Å². The first-order valence-corrected chi connectivity index (χ1v) is 4.17. The molecule has 0 amide bonds. The maximum absolute atomic E-state index is 11.0. The van der Waals surface area contributed by atoms with Gasteiger partial charge in [0.15, 0.2) is 0 Å². The molecule has 0 bridgehead atoms. The molecule has 0 atom stereocenters. The highest BCUT2D eigenvalue weighted by molar-refractivity contribution is 5.32. The van der Waals surface area contributed by atoms with Gasteiger partial charge in [0.1, 0.15) is 5.69 Å². The van der Waals surface area contributed by atoms with Crippen molar-refractivity contribution in [1.29, 1.82) is 0 Å². The zero-order chi connectivity index (χ0) is 9.84. The normalized spacial score (nSPS) is 9.54. The smallest absolute Gasteiger partial charge is 0.267 e. The van der Waals surface area contributed by atoms with Gasteiger partial charge < -0.3 is 4.98 Å². The van der Waals surface area contributed by atoms with Gasteiger partial charge in [-0.1, -0.05) is 19.8 Å². The second-order valence-corrected chi connectivity index (χ2v) is 3.04. The molecule has 3 nitrogen and oxygen atoms in total. The third-order valence-corrected chi connectivity index (χ3v) is 1.62. The van der Waals surface area contributed by atoms with Crippen LogP contribution in [0.3, 0.4) is 0 Å². The predicted octanol–water partition coefficient (Wildman–Crippen LogP) is 1.26. The molecule has 0 aliphatic heterocycles. The fraction of sp³-hybridized carbons (Fsp3) is 0.400. The van der Waals surface area contributed by atoms with Gasteiger partial charge in [0.25, 0.3) is 5.56 Å². The number of nitrogens with zero attached hydrogens (tertiary/aromatic N) is 1. The van der Waals surface area contributed by atoms with Gasteiger partial charge >= 0.3 is 0 Å². The summed E-state index contributed by atoms with van der Waals surface area (Å²) < 4.78 is 0. The van der Waals surface area contributed by atoms with Crippen molar-refractivity contribution < 1.29 is 0 Å². The SMILES string of the molecule is CC#Cc1[nH]c(=O)cnc1C(C)C. The maximum Gasteiger partial charge on any atom is 0.267 e. The van der Waals surface area contributed by atoms with Crippen molar-refractivity contribution in [2.75, 3.05) is 0 Å². The van der Waals surface area contributed by atoms with E-state index in [1.54, 1.807) is 6.92 Å². The third-order valence-electron chi connectivity index (χ3n) is 1.62. The Balaban J connectivity index is 3.32. The molecule has 0 fully saturated rings. The van der Waals surface area contributed by atoms with Crippen LogP contribution in [0.15, 0.2) is 11.0 Å². The Morgan fingerprint density at radius 3 is 2.77 bits per heavy atom. The molecule has 0 aliphatic carbocycles. The van der Waals surface area contributed by atoms with E-state index in [0.29, 0.717) is 5.69 Å². The van der Waals surface area contributed by atoms with E-state index >= 15 is 0 Å². The van der Waals surface area contributed by atoms with Gasteiger partial charge in [-0.25, -0.2) is 0 Å². The lowest BCUT2D eigenvalue weighted by molar-refractivity contribution is 0.801. The lowest BCUT2D eigenvalue weighted by atomic mass is 10.1. The Labute approximate surface area is 77.2 Å². The second kappa shape index (κ2) is 3.90. The number of nitrogens with one attached hydrogen (secondary N) is 1. The highest BCUT2D eigenvalue weighted by Crippen LogP contribution is 2.11. The largest absolute Gasteiger partial charge is 0.313 e. The van der Waals surface area contributed by atoms with Crippen molar-refractivity contribution in [1.82, 2.24) is 9.97 Å². The van der Waals surface area contributed by atoms with Crippen molar-refractivity contribution in [2.45, 2.75) is 26.7 Å². The van der Waals surface area contributed by atoms with E-state index in [4.69, 9.17) is 0 Å². The monoisotopic (exact) mass is 176 g/mol. The minimum absolute atomic E-state index is 0.206. The van der Waals surface area contributed by atoms with E-state index in [0.717, 1.165) is 5.69 Å². The predicted molar refractivity (Wildman–Crippen MR) is 51.5 cm³/mol. The van der Waals surface area contributed by atoms with Crippen molar-refractivity contribution in [3.63, 3.8) is 0 Å². The summed E-state index contributed by atoms with van der Waals surface area (Å²) in [5, 5.41) is 0. The zero-order valence-corrected chi connectivity index (χ0v) is 8.01. The minimum atomic E-state index is -0.206. The molecule has 0 unspecified atom stereocenters. The number of aromatic nitrogens is 2. The van der Waals surface area contributed by atoms with E-state index in [-0.39, 0.29) is 11.5 Å². The Morgan fingerprint density at radius 2 is 2.23 bits per heavy atom. The fourth-order valence-corrected chi connectivity index (χ4v) is 1.07. The Morgan fingerprint density at radius 1 is 1.54 bits per heavy atom. The molecule has 1 aromatic rings. The number of H-pyrrole nitrogens is 1. The van der Waals surface area contributed by atoms with Crippen molar-refractivity contribution in [3.8, 4) is 11.8 Å². The van der Waals surface area contributed by atoms with E-state index in [9.17, 15) is 4.79 Å². The first kappa shape index (κ1) is 9.53. The summed E-state index contributed by atoms with van der Waals surface area (Å²) in [6.07, 6.45) is 1.29. The van der Waals surface area contributed by atoms with Crippen LogP contribution in [0, 0.1) is 11.8 Å². The number of aromatic amines is 1. The fourth-order valence-electron chi connectivity index (χ4n) is 1.07. The molecule has 3 heteroatoms. The average Bonchev–Trinajstić information content (AvgIpc) is 2.04. The van der Waals surface area contributed by atoms with Crippen LogP contribution < -0.4 is 5.56 Å². The molecule has 0 spiro atoms. The van der Waals surface area contributed by atoms with Gasteiger partial charge in [0.2, 0.25) is 0 Å². The summed E-state index contributed by atoms with van der Waals surface area (Å²) in [6, 6.07) is 0. The van der Waals surface area contributed by atoms with E-state index in [1.807, 2.05) is 13.8 Å². The quantitative estimate of drug-likeness (QED) is 0.655. The summed E-state index contributed by atoms with van der Waals surface area (Å²) in [5.41, 5.74) is 1.26. The van der Waals surface area contributed by atoms with Crippen LogP contribution in [0.5, 0.6) is 0 Å². The van der Waals surface area contributed by atoms with Crippen LogP contribution in [0.25, 0.3) is 0 Å². The number of rotatable bonds is 1. The van der Waals surface area contributed by atoms with Gasteiger partial charge in [-0.2, -0.15) is 0 Å². The molecule has 0 radical (unpaired) electrons. The summed E-state index contributed by atoms with van der Waals surface area (Å²) in [7, 11) is 0. The zero-order valence-electron chi connectivity index (χ0n) is 8.01. The van der Waals surface area contributed by atoms with Gasteiger partial charge in [-0.3, -0.25) is 9.78 Å². The molecule has 0 aliphatic rings. The van der Waals surface area contributed by atoms with E-state index in [2.05, 4.69) is 21.8 Å². The highest BCUT2D eigenvalue weighted by atomic mass is 16.1. The number of hydrogen-bond acceptors (Lipinski definition) is 2. The average molecular weight is 176 g/mol.